The molecule has 1 atom stereocenters. The molecule has 0 saturated carbocycles. The summed E-state index contributed by atoms with van der Waals surface area (Å²) in [5.41, 5.74) is 10.2. The average molecular weight is 334 g/mol. The van der Waals surface area contributed by atoms with Gasteiger partial charge in [0.15, 0.2) is 0 Å². The number of nitrogen functional groups attached to an aromatic ring is 1. The zero-order chi connectivity index (χ0) is 14.5. The van der Waals surface area contributed by atoms with Crippen LogP contribution in [-0.2, 0) is 5.41 Å². The zero-order valence-corrected chi connectivity index (χ0v) is 13.7. The van der Waals surface area contributed by atoms with E-state index in [0.717, 1.165) is 28.8 Å². The number of anilines is 1. The van der Waals surface area contributed by atoms with Crippen molar-refractivity contribution in [2.24, 2.45) is 0 Å². The van der Waals surface area contributed by atoms with E-state index in [0.29, 0.717) is 0 Å². The minimum Gasteiger partial charge on any atom is -0.383 e. The normalized spacial score (nSPS) is 20.7. The van der Waals surface area contributed by atoms with E-state index in [1.807, 2.05) is 11.6 Å². The summed E-state index contributed by atoms with van der Waals surface area (Å²) < 4.78 is 2.90. The molecule has 1 aromatic carbocycles. The molecule has 0 radical (unpaired) electrons. The Hall–Kier alpha value is -1.29. The summed E-state index contributed by atoms with van der Waals surface area (Å²) in [6.07, 6.45) is 2.21. The van der Waals surface area contributed by atoms with Crippen molar-refractivity contribution in [1.82, 2.24) is 9.78 Å². The van der Waals surface area contributed by atoms with Gasteiger partial charge in [-0.2, -0.15) is 5.10 Å². The molecule has 2 aromatic rings. The lowest BCUT2D eigenvalue weighted by molar-refractivity contribution is 0.355. The van der Waals surface area contributed by atoms with Crippen molar-refractivity contribution in [2.45, 2.75) is 45.1 Å². The molecular weight excluding hydrogens is 314 g/mol. The summed E-state index contributed by atoms with van der Waals surface area (Å²) in [5, 5.41) is 4.62. The lowest BCUT2D eigenvalue weighted by atomic mass is 9.71. The summed E-state index contributed by atoms with van der Waals surface area (Å²) in [5.74, 6) is 0.724. The average Bonchev–Trinajstić information content (AvgIpc) is 2.67. The minimum absolute atomic E-state index is 0.223. The first kappa shape index (κ1) is 13.7. The molecule has 0 saturated heterocycles. The van der Waals surface area contributed by atoms with E-state index in [1.54, 1.807) is 0 Å². The van der Waals surface area contributed by atoms with Crippen LogP contribution in [0.3, 0.4) is 0 Å². The summed E-state index contributed by atoms with van der Waals surface area (Å²) in [6, 6.07) is 8.92. The predicted octanol–water partition coefficient (Wildman–Crippen LogP) is 4.20. The van der Waals surface area contributed by atoms with Crippen LogP contribution in [0.4, 0.5) is 5.82 Å². The van der Waals surface area contributed by atoms with Crippen molar-refractivity contribution in [1.29, 1.82) is 0 Å². The van der Waals surface area contributed by atoms with Gasteiger partial charge >= 0.3 is 0 Å². The molecule has 1 aliphatic rings. The molecule has 4 heteroatoms. The third kappa shape index (κ3) is 1.97. The molecule has 0 bridgehead atoms. The number of fused-ring (bicyclic) bond motifs is 1. The highest BCUT2D eigenvalue weighted by atomic mass is 79.9. The molecule has 2 N–H and O–H groups in total. The van der Waals surface area contributed by atoms with E-state index in [4.69, 9.17) is 5.73 Å². The molecule has 1 heterocycles. The zero-order valence-electron chi connectivity index (χ0n) is 12.2. The van der Waals surface area contributed by atoms with Gasteiger partial charge in [-0.3, -0.25) is 0 Å². The summed E-state index contributed by atoms with van der Waals surface area (Å²) in [4.78, 5) is 0. The Labute approximate surface area is 128 Å². The van der Waals surface area contributed by atoms with Gasteiger partial charge in [0, 0.05) is 0 Å². The first-order valence-electron chi connectivity index (χ1n) is 7.01. The van der Waals surface area contributed by atoms with Crippen LogP contribution in [-0.4, -0.2) is 9.78 Å². The maximum atomic E-state index is 6.21. The molecule has 0 fully saturated rings. The number of rotatable bonds is 1. The monoisotopic (exact) mass is 333 g/mol. The maximum absolute atomic E-state index is 6.21. The van der Waals surface area contributed by atoms with Crippen LogP contribution in [0.5, 0.6) is 0 Å². The summed E-state index contributed by atoms with van der Waals surface area (Å²) >= 11 is 3.52. The van der Waals surface area contributed by atoms with E-state index in [-0.39, 0.29) is 11.5 Å². The van der Waals surface area contributed by atoms with Crippen LogP contribution in [0.2, 0.25) is 0 Å². The van der Waals surface area contributed by atoms with Crippen molar-refractivity contribution in [3.05, 3.63) is 45.6 Å². The number of aryl methyl sites for hydroxylation is 1. The van der Waals surface area contributed by atoms with Gasteiger partial charge in [0.05, 0.1) is 16.2 Å². The van der Waals surface area contributed by atoms with Gasteiger partial charge in [0.2, 0.25) is 0 Å². The number of hydrogen-bond donors (Lipinski definition) is 1. The maximum Gasteiger partial charge on any atom is 0.137 e. The molecule has 3 nitrogen and oxygen atoms in total. The Kier molecular flexibility index (Phi) is 3.16. The van der Waals surface area contributed by atoms with Crippen LogP contribution in [0.25, 0.3) is 0 Å². The second kappa shape index (κ2) is 4.62. The SMILES string of the molecule is Cc1nn(C2CCC(C)(C)c3ccccc32)c(N)c1Br. The predicted molar refractivity (Wildman–Crippen MR) is 85.9 cm³/mol. The van der Waals surface area contributed by atoms with Crippen LogP contribution >= 0.6 is 15.9 Å². The Balaban J connectivity index is 2.15. The first-order valence-corrected chi connectivity index (χ1v) is 7.80. The third-order valence-corrected chi connectivity index (χ3v) is 5.41. The van der Waals surface area contributed by atoms with Gasteiger partial charge < -0.3 is 5.73 Å². The highest BCUT2D eigenvalue weighted by molar-refractivity contribution is 9.10. The number of nitrogens with zero attached hydrogens (tertiary/aromatic N) is 2. The minimum atomic E-state index is 0.223. The van der Waals surface area contributed by atoms with E-state index in [9.17, 15) is 0 Å². The Morgan fingerprint density at radius 1 is 1.35 bits per heavy atom. The Morgan fingerprint density at radius 2 is 2.05 bits per heavy atom. The largest absolute Gasteiger partial charge is 0.383 e. The fourth-order valence-electron chi connectivity index (χ4n) is 3.23. The fourth-order valence-corrected chi connectivity index (χ4v) is 3.49. The molecule has 20 heavy (non-hydrogen) atoms. The number of aromatic nitrogens is 2. The van der Waals surface area contributed by atoms with E-state index < -0.39 is 0 Å². The molecular formula is C16H20BrN3. The Morgan fingerprint density at radius 3 is 2.70 bits per heavy atom. The van der Waals surface area contributed by atoms with Crippen LogP contribution in [0.15, 0.2) is 28.7 Å². The highest BCUT2D eigenvalue weighted by Crippen LogP contribution is 2.44. The second-order valence-electron chi connectivity index (χ2n) is 6.25. The van der Waals surface area contributed by atoms with E-state index in [2.05, 4.69) is 59.1 Å². The number of hydrogen-bond acceptors (Lipinski definition) is 2. The van der Waals surface area contributed by atoms with Crippen LogP contribution in [0, 0.1) is 6.92 Å². The van der Waals surface area contributed by atoms with Crippen LogP contribution in [0.1, 0.15) is 49.6 Å². The molecule has 0 spiro atoms. The lowest BCUT2D eigenvalue weighted by Gasteiger charge is -2.37. The number of benzene rings is 1. The fraction of sp³-hybridized carbons (Fsp3) is 0.438. The van der Waals surface area contributed by atoms with Gasteiger partial charge in [0.25, 0.3) is 0 Å². The molecule has 1 aromatic heterocycles. The smallest absolute Gasteiger partial charge is 0.137 e. The quantitative estimate of drug-likeness (QED) is 0.849. The Bertz CT molecular complexity index is 658. The van der Waals surface area contributed by atoms with Crippen molar-refractivity contribution in [3.8, 4) is 0 Å². The number of halogens is 1. The topological polar surface area (TPSA) is 43.8 Å². The van der Waals surface area contributed by atoms with Gasteiger partial charge in [-0.15, -0.1) is 0 Å². The van der Waals surface area contributed by atoms with Crippen molar-refractivity contribution in [3.63, 3.8) is 0 Å². The van der Waals surface area contributed by atoms with Crippen molar-refractivity contribution in [2.75, 3.05) is 5.73 Å². The third-order valence-electron chi connectivity index (χ3n) is 4.43. The molecule has 3 rings (SSSR count). The van der Waals surface area contributed by atoms with Crippen molar-refractivity contribution < 1.29 is 0 Å². The van der Waals surface area contributed by atoms with Gasteiger partial charge in [0.1, 0.15) is 5.82 Å². The highest BCUT2D eigenvalue weighted by Gasteiger charge is 2.34. The molecule has 0 aliphatic heterocycles. The van der Waals surface area contributed by atoms with E-state index >= 15 is 0 Å². The molecule has 1 unspecified atom stereocenters. The van der Waals surface area contributed by atoms with Gasteiger partial charge in [-0.05, 0) is 52.2 Å². The molecule has 1 aliphatic carbocycles. The standard InChI is InChI=1S/C16H20BrN3/c1-10-14(17)15(18)20(19-10)13-8-9-16(2,3)12-7-5-4-6-11(12)13/h4-7,13H,8-9,18H2,1-3H3. The lowest BCUT2D eigenvalue weighted by Crippen LogP contribution is -2.29. The second-order valence-corrected chi connectivity index (χ2v) is 7.05. The van der Waals surface area contributed by atoms with Gasteiger partial charge in [-0.25, -0.2) is 4.68 Å². The van der Waals surface area contributed by atoms with Crippen LogP contribution < -0.4 is 5.73 Å². The molecule has 106 valence electrons. The van der Waals surface area contributed by atoms with E-state index in [1.165, 1.54) is 11.1 Å². The van der Waals surface area contributed by atoms with Crippen molar-refractivity contribution >= 4 is 21.7 Å². The first-order chi connectivity index (χ1) is 9.42. The summed E-state index contributed by atoms with van der Waals surface area (Å²) in [6.45, 7) is 6.61. The number of nitrogens with two attached hydrogens (primary N) is 1. The molecule has 0 amide bonds. The van der Waals surface area contributed by atoms with Gasteiger partial charge in [-0.1, -0.05) is 38.1 Å². The summed E-state index contributed by atoms with van der Waals surface area (Å²) in [7, 11) is 0.